The number of hydrogen-bond acceptors (Lipinski definition) is 4. The molecule has 6 nitrogen and oxygen atoms in total. The Balaban J connectivity index is 1.71. The summed E-state index contributed by atoms with van der Waals surface area (Å²) in [5.74, 6) is 0.283. The van der Waals surface area contributed by atoms with Crippen LogP contribution in [0.4, 0.5) is 0 Å². The quantitative estimate of drug-likeness (QED) is 0.941. The van der Waals surface area contributed by atoms with Crippen molar-refractivity contribution in [2.45, 2.75) is 32.7 Å². The highest BCUT2D eigenvalue weighted by atomic mass is 16.5. The van der Waals surface area contributed by atoms with Crippen molar-refractivity contribution in [3.63, 3.8) is 0 Å². The molecule has 1 saturated heterocycles. The molecule has 0 radical (unpaired) electrons. The molecule has 0 aromatic carbocycles. The van der Waals surface area contributed by atoms with E-state index in [0.29, 0.717) is 11.5 Å². The van der Waals surface area contributed by atoms with E-state index < -0.39 is 5.97 Å². The smallest absolute Gasteiger partial charge is 0.372 e. The van der Waals surface area contributed by atoms with Crippen LogP contribution in [0.25, 0.3) is 11.3 Å². The summed E-state index contributed by atoms with van der Waals surface area (Å²) in [5.41, 5.74) is 3.61. The monoisotopic (exact) mass is 302 g/mol. The second-order valence-electron chi connectivity index (χ2n) is 6.11. The average molecular weight is 302 g/mol. The van der Waals surface area contributed by atoms with Crippen molar-refractivity contribution >= 4 is 5.97 Å². The lowest BCUT2D eigenvalue weighted by molar-refractivity contribution is 0.0659. The fraction of sp³-hybridized carbons (Fsp3) is 0.500. The van der Waals surface area contributed by atoms with Crippen LogP contribution in [0.1, 0.15) is 33.9 Å². The Hall–Kier alpha value is -2.08. The highest BCUT2D eigenvalue weighted by Gasteiger charge is 2.30. The van der Waals surface area contributed by atoms with E-state index in [2.05, 4.69) is 6.20 Å². The van der Waals surface area contributed by atoms with Gasteiger partial charge in [0, 0.05) is 42.8 Å². The third-order valence-corrected chi connectivity index (χ3v) is 4.58. The molecule has 0 saturated carbocycles. The number of nitrogens with zero attached hydrogens (tertiary/aromatic N) is 2. The SMILES string of the molecule is Cc1c(C(=O)O)oc2c1-c1nn(C[C@H]3CCOC3)cc1CC2. The maximum atomic E-state index is 11.3. The maximum Gasteiger partial charge on any atom is 0.372 e. The van der Waals surface area contributed by atoms with Crippen molar-refractivity contribution in [3.8, 4) is 11.3 Å². The second kappa shape index (κ2) is 4.98. The first-order valence-electron chi connectivity index (χ1n) is 7.63. The Kier molecular flexibility index (Phi) is 3.07. The number of carboxylic acids is 1. The molecule has 0 unspecified atom stereocenters. The van der Waals surface area contributed by atoms with Gasteiger partial charge in [-0.3, -0.25) is 4.68 Å². The van der Waals surface area contributed by atoms with Crippen molar-refractivity contribution < 1.29 is 19.1 Å². The molecule has 0 spiro atoms. The normalized spacial score (nSPS) is 20.0. The summed E-state index contributed by atoms with van der Waals surface area (Å²) in [6.07, 6.45) is 4.73. The van der Waals surface area contributed by atoms with Gasteiger partial charge in [-0.2, -0.15) is 5.10 Å². The number of rotatable bonds is 3. The van der Waals surface area contributed by atoms with E-state index in [-0.39, 0.29) is 5.76 Å². The summed E-state index contributed by atoms with van der Waals surface area (Å²) in [6.45, 7) is 4.28. The molecule has 22 heavy (non-hydrogen) atoms. The molecule has 1 aliphatic carbocycles. The predicted molar refractivity (Wildman–Crippen MR) is 78.0 cm³/mol. The van der Waals surface area contributed by atoms with Crippen LogP contribution in [-0.4, -0.2) is 34.1 Å². The maximum absolute atomic E-state index is 11.3. The van der Waals surface area contributed by atoms with Gasteiger partial charge < -0.3 is 14.3 Å². The molecule has 0 amide bonds. The van der Waals surface area contributed by atoms with Gasteiger partial charge in [-0.15, -0.1) is 0 Å². The third kappa shape index (κ3) is 2.06. The highest BCUT2D eigenvalue weighted by molar-refractivity contribution is 5.90. The number of furan rings is 1. The van der Waals surface area contributed by atoms with E-state index in [4.69, 9.17) is 14.3 Å². The van der Waals surface area contributed by atoms with Crippen LogP contribution in [0, 0.1) is 12.8 Å². The molecule has 1 N–H and O–H groups in total. The summed E-state index contributed by atoms with van der Waals surface area (Å²) in [6, 6.07) is 0. The van der Waals surface area contributed by atoms with Crippen LogP contribution >= 0.6 is 0 Å². The van der Waals surface area contributed by atoms with E-state index in [1.54, 1.807) is 6.92 Å². The molecule has 2 aromatic heterocycles. The topological polar surface area (TPSA) is 77.5 Å². The zero-order valence-electron chi connectivity index (χ0n) is 12.5. The minimum absolute atomic E-state index is 0.0385. The Labute approximate surface area is 127 Å². The van der Waals surface area contributed by atoms with Gasteiger partial charge in [0.25, 0.3) is 0 Å². The summed E-state index contributed by atoms with van der Waals surface area (Å²) in [7, 11) is 0. The van der Waals surface area contributed by atoms with Gasteiger partial charge >= 0.3 is 5.97 Å². The minimum atomic E-state index is -1.02. The zero-order chi connectivity index (χ0) is 15.3. The fourth-order valence-electron chi connectivity index (χ4n) is 3.45. The van der Waals surface area contributed by atoms with Crippen LogP contribution in [0.2, 0.25) is 0 Å². The first-order chi connectivity index (χ1) is 10.6. The van der Waals surface area contributed by atoms with Crippen molar-refractivity contribution in [2.24, 2.45) is 5.92 Å². The van der Waals surface area contributed by atoms with Gasteiger partial charge in [-0.05, 0) is 25.3 Å². The lowest BCUT2D eigenvalue weighted by Crippen LogP contribution is -2.11. The van der Waals surface area contributed by atoms with Gasteiger partial charge in [-0.25, -0.2) is 4.79 Å². The van der Waals surface area contributed by atoms with Crippen LogP contribution in [0.15, 0.2) is 10.6 Å². The van der Waals surface area contributed by atoms with Gasteiger partial charge in [0.05, 0.1) is 12.3 Å². The molecule has 4 rings (SSSR count). The van der Waals surface area contributed by atoms with E-state index in [1.807, 2.05) is 4.68 Å². The van der Waals surface area contributed by atoms with Gasteiger partial charge in [0.15, 0.2) is 0 Å². The molecule has 2 aliphatic rings. The third-order valence-electron chi connectivity index (χ3n) is 4.58. The summed E-state index contributed by atoms with van der Waals surface area (Å²) in [4.78, 5) is 11.3. The van der Waals surface area contributed by atoms with Gasteiger partial charge in [0.2, 0.25) is 5.76 Å². The Bertz CT molecular complexity index is 738. The lowest BCUT2D eigenvalue weighted by atomic mass is 9.94. The molecule has 0 bridgehead atoms. The van der Waals surface area contributed by atoms with Crippen LogP contribution in [-0.2, 0) is 24.1 Å². The van der Waals surface area contributed by atoms with Crippen LogP contribution in [0.3, 0.4) is 0 Å². The predicted octanol–water partition coefficient (Wildman–Crippen LogP) is 2.28. The Morgan fingerprint density at radius 1 is 1.50 bits per heavy atom. The average Bonchev–Trinajstić information content (AvgIpc) is 3.17. The van der Waals surface area contributed by atoms with Crippen molar-refractivity contribution in [1.82, 2.24) is 9.78 Å². The van der Waals surface area contributed by atoms with Gasteiger partial charge in [0.1, 0.15) is 5.76 Å². The number of aromatic nitrogens is 2. The molecule has 1 aliphatic heterocycles. The molecular formula is C16H18N2O4. The minimum Gasteiger partial charge on any atom is -0.475 e. The summed E-state index contributed by atoms with van der Waals surface area (Å²) < 4.78 is 12.9. The standard InChI is InChI=1S/C16H18N2O4/c1-9-13-12(22-15(9)16(19)20)3-2-11-7-18(17-14(11)13)6-10-4-5-21-8-10/h7,10H,2-6,8H2,1H3,(H,19,20)/t10-/m1/s1. The van der Waals surface area contributed by atoms with E-state index in [1.165, 1.54) is 5.56 Å². The van der Waals surface area contributed by atoms with E-state index in [0.717, 1.165) is 56.0 Å². The largest absolute Gasteiger partial charge is 0.475 e. The molecular weight excluding hydrogens is 284 g/mol. The van der Waals surface area contributed by atoms with Crippen molar-refractivity contribution in [2.75, 3.05) is 13.2 Å². The number of hydrogen-bond donors (Lipinski definition) is 1. The number of fused-ring (bicyclic) bond motifs is 3. The molecule has 1 fully saturated rings. The number of aromatic carboxylic acids is 1. The number of carboxylic acid groups (broad SMARTS) is 1. The number of aryl methyl sites for hydroxylation is 2. The highest BCUT2D eigenvalue weighted by Crippen LogP contribution is 2.38. The first-order valence-corrected chi connectivity index (χ1v) is 7.63. The Morgan fingerprint density at radius 3 is 3.09 bits per heavy atom. The molecule has 1 atom stereocenters. The van der Waals surface area contributed by atoms with Gasteiger partial charge in [-0.1, -0.05) is 0 Å². The lowest BCUT2D eigenvalue weighted by Gasteiger charge is -2.09. The summed E-state index contributed by atoms with van der Waals surface area (Å²) >= 11 is 0. The van der Waals surface area contributed by atoms with Crippen molar-refractivity contribution in [3.05, 3.63) is 28.8 Å². The van der Waals surface area contributed by atoms with E-state index >= 15 is 0 Å². The molecule has 6 heteroatoms. The number of carbonyl (C=O) groups is 1. The van der Waals surface area contributed by atoms with Crippen molar-refractivity contribution in [1.29, 1.82) is 0 Å². The molecule has 116 valence electrons. The van der Waals surface area contributed by atoms with Crippen LogP contribution in [0.5, 0.6) is 0 Å². The molecule has 3 heterocycles. The number of ether oxygens (including phenoxy) is 1. The first kappa shape index (κ1) is 13.6. The summed E-state index contributed by atoms with van der Waals surface area (Å²) in [5, 5.41) is 13.9. The van der Waals surface area contributed by atoms with Crippen LogP contribution < -0.4 is 0 Å². The fourth-order valence-corrected chi connectivity index (χ4v) is 3.45. The Morgan fingerprint density at radius 2 is 2.36 bits per heavy atom. The zero-order valence-corrected chi connectivity index (χ0v) is 12.5. The second-order valence-corrected chi connectivity index (χ2v) is 6.11. The van der Waals surface area contributed by atoms with E-state index in [9.17, 15) is 9.90 Å². The molecule has 2 aromatic rings.